The topological polar surface area (TPSA) is 9.23 Å². The van der Waals surface area contributed by atoms with Gasteiger partial charge in [-0.25, -0.2) is 0 Å². The van der Waals surface area contributed by atoms with E-state index in [9.17, 15) is 0 Å². The Morgan fingerprint density at radius 2 is 2.29 bits per heavy atom. The van der Waals surface area contributed by atoms with Crippen LogP contribution in [0.25, 0.3) is 10.1 Å². The van der Waals surface area contributed by atoms with Gasteiger partial charge in [-0.15, -0.1) is 24.0 Å². The van der Waals surface area contributed by atoms with Crippen molar-refractivity contribution in [3.63, 3.8) is 0 Å². The van der Waals surface area contributed by atoms with Crippen LogP contribution in [0.5, 0.6) is 5.75 Å². The molecule has 4 heteroatoms. The molecule has 1 aromatic carbocycles. The number of ether oxygens (including phenoxy) is 1. The van der Waals surface area contributed by atoms with Crippen molar-refractivity contribution in [3.05, 3.63) is 21.1 Å². The molecule has 0 fully saturated rings. The van der Waals surface area contributed by atoms with Gasteiger partial charge in [0.05, 0.1) is 6.61 Å². The Bertz CT molecular complexity index is 464. The molecule has 0 unspecified atom stereocenters. The lowest BCUT2D eigenvalue weighted by molar-refractivity contribution is 0.340. The molecular weight excluding hydrogens is 327 g/mol. The minimum Gasteiger partial charge on any atom is -0.494 e. The highest BCUT2D eigenvalue weighted by Gasteiger charge is 2.07. The SMILES string of the molecule is CCOc1cc(I)c2scc(S)c2c1. The van der Waals surface area contributed by atoms with Crippen LogP contribution < -0.4 is 4.74 Å². The van der Waals surface area contributed by atoms with Crippen molar-refractivity contribution in [2.75, 3.05) is 6.61 Å². The Morgan fingerprint density at radius 3 is 3.00 bits per heavy atom. The van der Waals surface area contributed by atoms with Gasteiger partial charge in [-0.3, -0.25) is 0 Å². The van der Waals surface area contributed by atoms with E-state index in [2.05, 4.69) is 52.7 Å². The first-order chi connectivity index (χ1) is 6.72. The molecule has 0 radical (unpaired) electrons. The molecule has 0 saturated heterocycles. The zero-order valence-electron chi connectivity index (χ0n) is 7.58. The lowest BCUT2D eigenvalue weighted by atomic mass is 10.2. The average Bonchev–Trinajstić information content (AvgIpc) is 2.49. The van der Waals surface area contributed by atoms with Crippen LogP contribution in [-0.4, -0.2) is 6.61 Å². The zero-order chi connectivity index (χ0) is 10.1. The monoisotopic (exact) mass is 336 g/mol. The van der Waals surface area contributed by atoms with Gasteiger partial charge in [0.2, 0.25) is 0 Å². The van der Waals surface area contributed by atoms with Crippen LogP contribution in [0.15, 0.2) is 22.4 Å². The molecule has 0 bridgehead atoms. The lowest BCUT2D eigenvalue weighted by Gasteiger charge is -2.04. The van der Waals surface area contributed by atoms with Gasteiger partial charge in [0.25, 0.3) is 0 Å². The minimum absolute atomic E-state index is 0.702. The summed E-state index contributed by atoms with van der Waals surface area (Å²) in [7, 11) is 0. The highest BCUT2D eigenvalue weighted by Crippen LogP contribution is 2.35. The van der Waals surface area contributed by atoms with E-state index in [4.69, 9.17) is 4.74 Å². The van der Waals surface area contributed by atoms with Crippen LogP contribution >= 0.6 is 46.6 Å². The predicted molar refractivity (Wildman–Crippen MR) is 73.0 cm³/mol. The molecule has 0 aliphatic rings. The van der Waals surface area contributed by atoms with Gasteiger partial charge < -0.3 is 4.74 Å². The van der Waals surface area contributed by atoms with Crippen LogP contribution in [0.1, 0.15) is 6.92 Å². The molecule has 0 amide bonds. The second-order valence-electron chi connectivity index (χ2n) is 2.84. The Morgan fingerprint density at radius 1 is 1.50 bits per heavy atom. The normalized spacial score (nSPS) is 10.8. The third-order valence-corrected chi connectivity index (χ3v) is 4.68. The lowest BCUT2D eigenvalue weighted by Crippen LogP contribution is -1.91. The summed E-state index contributed by atoms with van der Waals surface area (Å²) in [5.74, 6) is 0.929. The summed E-state index contributed by atoms with van der Waals surface area (Å²) < 4.78 is 8.01. The van der Waals surface area contributed by atoms with Gasteiger partial charge in [0.1, 0.15) is 5.75 Å². The maximum Gasteiger partial charge on any atom is 0.121 e. The second-order valence-corrected chi connectivity index (χ2v) is 5.36. The van der Waals surface area contributed by atoms with E-state index in [1.165, 1.54) is 13.7 Å². The fourth-order valence-corrected chi connectivity index (χ4v) is 3.52. The quantitative estimate of drug-likeness (QED) is 0.639. The van der Waals surface area contributed by atoms with Gasteiger partial charge in [-0.05, 0) is 41.6 Å². The van der Waals surface area contributed by atoms with Crippen molar-refractivity contribution in [2.24, 2.45) is 0 Å². The first-order valence-electron chi connectivity index (χ1n) is 4.25. The summed E-state index contributed by atoms with van der Waals surface area (Å²) in [5.41, 5.74) is 0. The molecule has 1 heterocycles. The second kappa shape index (κ2) is 4.28. The van der Waals surface area contributed by atoms with E-state index >= 15 is 0 Å². The standard InChI is InChI=1S/C10H9IOS2/c1-2-12-6-3-7-9(13)5-14-10(7)8(11)4-6/h3-5,13H,2H2,1H3. The summed E-state index contributed by atoms with van der Waals surface area (Å²) in [6, 6.07) is 4.12. The zero-order valence-corrected chi connectivity index (χ0v) is 11.4. The predicted octanol–water partition coefficient (Wildman–Crippen LogP) is 4.19. The van der Waals surface area contributed by atoms with Crippen LogP contribution in [0.4, 0.5) is 0 Å². The average molecular weight is 336 g/mol. The summed E-state index contributed by atoms with van der Waals surface area (Å²) in [5, 5.41) is 3.25. The van der Waals surface area contributed by atoms with Crippen molar-refractivity contribution in [1.82, 2.24) is 0 Å². The van der Waals surface area contributed by atoms with Gasteiger partial charge >= 0.3 is 0 Å². The number of rotatable bonds is 2. The first kappa shape index (κ1) is 10.6. The molecule has 0 atom stereocenters. The van der Waals surface area contributed by atoms with Crippen molar-refractivity contribution in [2.45, 2.75) is 11.8 Å². The van der Waals surface area contributed by atoms with E-state index in [1.54, 1.807) is 11.3 Å². The van der Waals surface area contributed by atoms with Crippen LogP contribution in [0.2, 0.25) is 0 Å². The van der Waals surface area contributed by atoms with E-state index in [0.717, 1.165) is 10.6 Å². The molecule has 0 spiro atoms. The Kier molecular flexibility index (Phi) is 3.23. The maximum atomic E-state index is 5.49. The highest BCUT2D eigenvalue weighted by molar-refractivity contribution is 14.1. The van der Waals surface area contributed by atoms with E-state index in [-0.39, 0.29) is 0 Å². The number of benzene rings is 1. The largest absolute Gasteiger partial charge is 0.494 e. The van der Waals surface area contributed by atoms with Gasteiger partial charge in [-0.2, -0.15) is 0 Å². The first-order valence-corrected chi connectivity index (χ1v) is 6.65. The third-order valence-electron chi connectivity index (χ3n) is 1.89. The van der Waals surface area contributed by atoms with Gasteiger partial charge in [0.15, 0.2) is 0 Å². The van der Waals surface area contributed by atoms with Crippen LogP contribution in [0, 0.1) is 3.57 Å². The van der Waals surface area contributed by atoms with Crippen LogP contribution in [-0.2, 0) is 0 Å². The molecule has 1 aromatic heterocycles. The number of hydrogen-bond donors (Lipinski definition) is 1. The van der Waals surface area contributed by atoms with E-state index < -0.39 is 0 Å². The molecular formula is C10H9IOS2. The van der Waals surface area contributed by atoms with Gasteiger partial charge in [0, 0.05) is 23.9 Å². The third kappa shape index (κ3) is 1.87. The summed E-state index contributed by atoms with van der Waals surface area (Å²) in [4.78, 5) is 1.03. The van der Waals surface area contributed by atoms with E-state index in [1.807, 2.05) is 6.92 Å². The van der Waals surface area contributed by atoms with E-state index in [0.29, 0.717) is 6.61 Å². The fourth-order valence-electron chi connectivity index (χ4n) is 1.31. The summed E-state index contributed by atoms with van der Waals surface area (Å²) in [6.07, 6.45) is 0. The number of hydrogen-bond acceptors (Lipinski definition) is 3. The Labute approximate surface area is 106 Å². The van der Waals surface area contributed by atoms with Crippen LogP contribution in [0.3, 0.4) is 0 Å². The molecule has 1 nitrogen and oxygen atoms in total. The Balaban J connectivity index is 2.63. The number of fused-ring (bicyclic) bond motifs is 1. The number of thiophene rings is 1. The highest BCUT2D eigenvalue weighted by atomic mass is 127. The van der Waals surface area contributed by atoms with Gasteiger partial charge in [-0.1, -0.05) is 0 Å². The molecule has 74 valence electrons. The fraction of sp³-hybridized carbons (Fsp3) is 0.200. The smallest absolute Gasteiger partial charge is 0.121 e. The van der Waals surface area contributed by atoms with Crippen molar-refractivity contribution in [3.8, 4) is 5.75 Å². The molecule has 14 heavy (non-hydrogen) atoms. The summed E-state index contributed by atoms with van der Waals surface area (Å²) in [6.45, 7) is 2.69. The number of thiol groups is 1. The molecule has 0 aliphatic carbocycles. The van der Waals surface area contributed by atoms with Crippen molar-refractivity contribution >= 4 is 56.6 Å². The number of halogens is 1. The molecule has 0 aliphatic heterocycles. The maximum absolute atomic E-state index is 5.49. The summed E-state index contributed by atoms with van der Waals surface area (Å²) >= 11 is 8.48. The van der Waals surface area contributed by atoms with Crippen molar-refractivity contribution in [1.29, 1.82) is 0 Å². The Hall–Kier alpha value is 0.0600. The molecule has 0 saturated carbocycles. The molecule has 0 N–H and O–H groups in total. The minimum atomic E-state index is 0.702. The van der Waals surface area contributed by atoms with Crippen molar-refractivity contribution < 1.29 is 4.74 Å². The molecule has 2 aromatic rings. The molecule has 2 rings (SSSR count).